The second kappa shape index (κ2) is 6.69. The van der Waals surface area contributed by atoms with Gasteiger partial charge in [-0.25, -0.2) is 0 Å². The Morgan fingerprint density at radius 1 is 1.00 bits per heavy atom. The zero-order chi connectivity index (χ0) is 15.3. The molecule has 3 nitrogen and oxygen atoms in total. The van der Waals surface area contributed by atoms with Gasteiger partial charge in [-0.1, -0.05) is 30.3 Å². The normalized spacial score (nSPS) is 14.7. The van der Waals surface area contributed by atoms with Crippen molar-refractivity contribution in [2.24, 2.45) is 0 Å². The van der Waals surface area contributed by atoms with Gasteiger partial charge in [-0.3, -0.25) is 4.98 Å². The second-order valence-corrected chi connectivity index (χ2v) is 4.59. The summed E-state index contributed by atoms with van der Waals surface area (Å²) < 4.78 is 37.2. The van der Waals surface area contributed by atoms with E-state index in [-0.39, 0.29) is 0 Å². The molecule has 0 spiro atoms. The van der Waals surface area contributed by atoms with E-state index in [1.807, 2.05) is 30.3 Å². The first-order chi connectivity index (χ1) is 9.98. The average molecular weight is 296 g/mol. The van der Waals surface area contributed by atoms with Crippen LogP contribution in [0.25, 0.3) is 0 Å². The van der Waals surface area contributed by atoms with Crippen molar-refractivity contribution in [2.75, 3.05) is 6.54 Å². The third kappa shape index (κ3) is 4.27. The lowest BCUT2D eigenvalue weighted by molar-refractivity contribution is -0.202. The van der Waals surface area contributed by atoms with Crippen LogP contribution >= 0.6 is 0 Å². The van der Waals surface area contributed by atoms with Crippen LogP contribution in [-0.4, -0.2) is 28.9 Å². The molecule has 1 aromatic carbocycles. The minimum atomic E-state index is -4.63. The highest BCUT2D eigenvalue weighted by Gasteiger charge is 2.38. The molecule has 1 heterocycles. The van der Waals surface area contributed by atoms with E-state index in [9.17, 15) is 13.2 Å². The summed E-state index contributed by atoms with van der Waals surface area (Å²) in [6, 6.07) is 12.1. The van der Waals surface area contributed by atoms with Gasteiger partial charge in [0.2, 0.25) is 0 Å². The van der Waals surface area contributed by atoms with Crippen molar-refractivity contribution >= 4 is 0 Å². The van der Waals surface area contributed by atoms with Crippen LogP contribution in [-0.2, 0) is 0 Å². The molecule has 2 aromatic rings. The minimum absolute atomic E-state index is 0.439. The van der Waals surface area contributed by atoms with Gasteiger partial charge in [0.1, 0.15) is 0 Å². The van der Waals surface area contributed by atoms with Crippen LogP contribution in [0.2, 0.25) is 0 Å². The number of hydrogen-bond acceptors (Lipinski definition) is 3. The van der Waals surface area contributed by atoms with E-state index in [0.717, 1.165) is 11.1 Å². The number of nitrogens with one attached hydrogen (secondary N) is 1. The van der Waals surface area contributed by atoms with Gasteiger partial charge in [-0.15, -0.1) is 0 Å². The molecule has 2 rings (SSSR count). The maximum Gasteiger partial charge on any atom is 0.415 e. The van der Waals surface area contributed by atoms with Crippen molar-refractivity contribution in [3.63, 3.8) is 0 Å². The van der Waals surface area contributed by atoms with Gasteiger partial charge in [-0.05, 0) is 23.3 Å². The van der Waals surface area contributed by atoms with Gasteiger partial charge < -0.3 is 10.4 Å². The SMILES string of the molecule is OC(CNC(c1ccccc1)c1ccncc1)C(F)(F)F. The molecule has 0 saturated heterocycles. The van der Waals surface area contributed by atoms with Crippen LogP contribution in [0, 0.1) is 0 Å². The second-order valence-electron chi connectivity index (χ2n) is 4.59. The van der Waals surface area contributed by atoms with Crippen molar-refractivity contribution in [1.82, 2.24) is 10.3 Å². The summed E-state index contributed by atoms with van der Waals surface area (Å²) in [6.45, 7) is -0.578. The molecule has 1 aromatic heterocycles. The molecule has 6 heteroatoms. The first-order valence-electron chi connectivity index (χ1n) is 6.41. The molecule has 0 aliphatic heterocycles. The van der Waals surface area contributed by atoms with E-state index >= 15 is 0 Å². The molecule has 0 aliphatic carbocycles. The Morgan fingerprint density at radius 3 is 2.14 bits per heavy atom. The Hall–Kier alpha value is -1.92. The van der Waals surface area contributed by atoms with Crippen molar-refractivity contribution in [3.8, 4) is 0 Å². The largest absolute Gasteiger partial charge is 0.415 e. The molecule has 2 N–H and O–H groups in total. The standard InChI is InChI=1S/C15H15F3N2O/c16-15(17,18)13(21)10-20-14(11-4-2-1-3-5-11)12-6-8-19-9-7-12/h1-9,13-14,20-21H,10H2. The molecule has 0 saturated carbocycles. The molecular formula is C15H15F3N2O. The monoisotopic (exact) mass is 296 g/mol. The summed E-state index contributed by atoms with van der Waals surface area (Å²) in [4.78, 5) is 3.90. The lowest BCUT2D eigenvalue weighted by Crippen LogP contribution is -2.40. The van der Waals surface area contributed by atoms with Crippen molar-refractivity contribution in [3.05, 3.63) is 66.0 Å². The van der Waals surface area contributed by atoms with E-state index in [0.29, 0.717) is 0 Å². The molecular weight excluding hydrogens is 281 g/mol. The number of benzene rings is 1. The maximum atomic E-state index is 12.4. The van der Waals surface area contributed by atoms with Crippen molar-refractivity contribution in [1.29, 1.82) is 0 Å². The predicted octanol–water partition coefficient (Wildman–Crippen LogP) is 2.68. The Balaban J connectivity index is 2.18. The van der Waals surface area contributed by atoms with Gasteiger partial charge in [0, 0.05) is 18.9 Å². The number of hydrogen-bond donors (Lipinski definition) is 2. The van der Waals surface area contributed by atoms with E-state index in [1.54, 1.807) is 24.5 Å². The molecule has 0 aliphatic rings. The van der Waals surface area contributed by atoms with Gasteiger partial charge in [0.25, 0.3) is 0 Å². The number of aliphatic hydroxyl groups excluding tert-OH is 1. The summed E-state index contributed by atoms with van der Waals surface area (Å²) in [6.07, 6.45) is -3.88. The van der Waals surface area contributed by atoms with Crippen LogP contribution in [0.1, 0.15) is 17.2 Å². The number of alkyl halides is 3. The van der Waals surface area contributed by atoms with E-state index in [1.165, 1.54) is 0 Å². The lowest BCUT2D eigenvalue weighted by Gasteiger charge is -2.22. The number of aliphatic hydroxyl groups is 1. The number of aromatic nitrogens is 1. The van der Waals surface area contributed by atoms with Crippen LogP contribution < -0.4 is 5.32 Å². The van der Waals surface area contributed by atoms with Crippen molar-refractivity contribution in [2.45, 2.75) is 18.3 Å². The fourth-order valence-corrected chi connectivity index (χ4v) is 1.97. The van der Waals surface area contributed by atoms with Crippen LogP contribution in [0.15, 0.2) is 54.9 Å². The molecule has 112 valence electrons. The van der Waals surface area contributed by atoms with E-state index < -0.39 is 24.9 Å². The zero-order valence-electron chi connectivity index (χ0n) is 11.1. The quantitative estimate of drug-likeness (QED) is 0.891. The summed E-state index contributed by atoms with van der Waals surface area (Å²) in [7, 11) is 0. The molecule has 0 fully saturated rings. The van der Waals surface area contributed by atoms with E-state index in [4.69, 9.17) is 5.11 Å². The van der Waals surface area contributed by atoms with Gasteiger partial charge >= 0.3 is 6.18 Å². The van der Waals surface area contributed by atoms with Crippen LogP contribution in [0.4, 0.5) is 13.2 Å². The highest BCUT2D eigenvalue weighted by atomic mass is 19.4. The van der Waals surface area contributed by atoms with Gasteiger partial charge in [-0.2, -0.15) is 13.2 Å². The Bertz CT molecular complexity index is 506. The van der Waals surface area contributed by atoms with Gasteiger partial charge in [0.15, 0.2) is 6.10 Å². The number of halogens is 3. The molecule has 0 radical (unpaired) electrons. The highest BCUT2D eigenvalue weighted by Crippen LogP contribution is 2.23. The highest BCUT2D eigenvalue weighted by molar-refractivity contribution is 5.30. The fourth-order valence-electron chi connectivity index (χ4n) is 1.97. The van der Waals surface area contributed by atoms with Crippen molar-refractivity contribution < 1.29 is 18.3 Å². The maximum absolute atomic E-state index is 12.4. The lowest BCUT2D eigenvalue weighted by atomic mass is 9.99. The number of rotatable bonds is 5. The molecule has 21 heavy (non-hydrogen) atoms. The first-order valence-corrected chi connectivity index (χ1v) is 6.41. The summed E-state index contributed by atoms with van der Waals surface area (Å²) >= 11 is 0. The molecule has 2 unspecified atom stereocenters. The Labute approximate surface area is 120 Å². The number of nitrogens with zero attached hydrogens (tertiary/aromatic N) is 1. The fraction of sp³-hybridized carbons (Fsp3) is 0.267. The average Bonchev–Trinajstić information content (AvgIpc) is 2.48. The summed E-state index contributed by atoms with van der Waals surface area (Å²) in [5, 5.41) is 11.9. The summed E-state index contributed by atoms with van der Waals surface area (Å²) in [5.41, 5.74) is 1.60. The van der Waals surface area contributed by atoms with Gasteiger partial charge in [0.05, 0.1) is 6.04 Å². The summed E-state index contributed by atoms with van der Waals surface area (Å²) in [5.74, 6) is 0. The molecule has 0 amide bonds. The number of pyridine rings is 1. The molecule has 2 atom stereocenters. The predicted molar refractivity (Wildman–Crippen MR) is 72.6 cm³/mol. The smallest absolute Gasteiger partial charge is 0.382 e. The third-order valence-electron chi connectivity index (χ3n) is 3.07. The zero-order valence-corrected chi connectivity index (χ0v) is 11.1. The third-order valence-corrected chi connectivity index (χ3v) is 3.07. The minimum Gasteiger partial charge on any atom is -0.382 e. The Kier molecular flexibility index (Phi) is 4.93. The van der Waals surface area contributed by atoms with Crippen LogP contribution in [0.5, 0.6) is 0 Å². The van der Waals surface area contributed by atoms with E-state index in [2.05, 4.69) is 10.3 Å². The Morgan fingerprint density at radius 2 is 1.57 bits per heavy atom. The molecule has 0 bridgehead atoms. The topological polar surface area (TPSA) is 45.1 Å². The van der Waals surface area contributed by atoms with Crippen LogP contribution in [0.3, 0.4) is 0 Å². The first kappa shape index (κ1) is 15.5.